The number of fused-ring (bicyclic) bond motifs is 1. The van der Waals surface area contributed by atoms with Crippen LogP contribution in [-0.4, -0.2) is 55.3 Å². The van der Waals surface area contributed by atoms with E-state index in [0.717, 1.165) is 56.5 Å². The van der Waals surface area contributed by atoms with Gasteiger partial charge < -0.3 is 29.0 Å². The van der Waals surface area contributed by atoms with Crippen LogP contribution in [0.15, 0.2) is 30.0 Å². The molecule has 4 rings (SSSR count). The van der Waals surface area contributed by atoms with Gasteiger partial charge in [-0.15, -0.1) is 0 Å². The molecule has 0 saturated carbocycles. The first-order valence-corrected chi connectivity index (χ1v) is 12.0. The number of aliphatic hydroxyl groups excluding tert-OH is 1. The summed E-state index contributed by atoms with van der Waals surface area (Å²) in [5.74, 6) is 1.65. The van der Waals surface area contributed by atoms with Crippen LogP contribution in [0.3, 0.4) is 0 Å². The van der Waals surface area contributed by atoms with Crippen LogP contribution in [0.2, 0.25) is 0 Å². The fraction of sp³-hybridized carbons (Fsp3) is 0.640. The molecule has 3 heterocycles. The fourth-order valence-corrected chi connectivity index (χ4v) is 4.86. The lowest BCUT2D eigenvalue weighted by atomic mass is 9.80. The van der Waals surface area contributed by atoms with Crippen molar-refractivity contribution in [2.75, 3.05) is 33.1 Å². The lowest BCUT2D eigenvalue weighted by Crippen LogP contribution is -2.41. The maximum atomic E-state index is 13.4. The van der Waals surface area contributed by atoms with E-state index >= 15 is 0 Å². The van der Waals surface area contributed by atoms with Crippen molar-refractivity contribution in [1.82, 2.24) is 4.90 Å². The minimum Gasteiger partial charge on any atom is -0.459 e. The predicted octanol–water partition coefficient (Wildman–Crippen LogP) is 3.96. The Hall–Kier alpha value is -2.25. The van der Waals surface area contributed by atoms with Crippen molar-refractivity contribution in [2.24, 2.45) is 5.92 Å². The standard InChI is InChI=1S/C25H35NO6/c1-2-29-25-19(9-8-14-27)20(18-10-11-21-22(15-18)31-17-30-21)16-23(32-25)24(28)26-12-6-4-3-5-7-13-26/h10-11,15-16,19-20,25,27H,2-9,12-14,17H2,1H3/t19-,20+,25+/m0/s1. The van der Waals surface area contributed by atoms with Crippen molar-refractivity contribution in [2.45, 2.75) is 64.1 Å². The number of rotatable bonds is 7. The highest BCUT2D eigenvalue weighted by atomic mass is 16.7. The number of aliphatic hydroxyl groups is 1. The maximum absolute atomic E-state index is 13.4. The van der Waals surface area contributed by atoms with Crippen molar-refractivity contribution in [3.05, 3.63) is 35.6 Å². The number of amides is 1. The van der Waals surface area contributed by atoms with Crippen molar-refractivity contribution >= 4 is 5.91 Å². The Kier molecular flexibility index (Phi) is 7.92. The zero-order valence-electron chi connectivity index (χ0n) is 19.0. The minimum atomic E-state index is -0.541. The molecule has 0 aromatic heterocycles. The Morgan fingerprint density at radius 1 is 1.12 bits per heavy atom. The lowest BCUT2D eigenvalue weighted by molar-refractivity contribution is -0.170. The molecule has 1 fully saturated rings. The van der Waals surface area contributed by atoms with Crippen LogP contribution in [-0.2, 0) is 14.3 Å². The van der Waals surface area contributed by atoms with Gasteiger partial charge in [0, 0.05) is 38.1 Å². The van der Waals surface area contributed by atoms with Gasteiger partial charge in [-0.1, -0.05) is 25.3 Å². The highest BCUT2D eigenvalue weighted by Crippen LogP contribution is 2.43. The summed E-state index contributed by atoms with van der Waals surface area (Å²) in [6.45, 7) is 4.27. The zero-order chi connectivity index (χ0) is 22.3. The number of allylic oxidation sites excluding steroid dienone is 1. The van der Waals surface area contributed by atoms with Crippen LogP contribution in [0.1, 0.15) is 63.4 Å². The fourth-order valence-electron chi connectivity index (χ4n) is 4.86. The molecule has 1 N–H and O–H groups in total. The Morgan fingerprint density at radius 3 is 2.62 bits per heavy atom. The van der Waals surface area contributed by atoms with E-state index in [1.165, 1.54) is 6.42 Å². The molecule has 0 aliphatic carbocycles. The first kappa shape index (κ1) is 22.9. The van der Waals surface area contributed by atoms with Gasteiger partial charge >= 0.3 is 0 Å². The smallest absolute Gasteiger partial charge is 0.288 e. The van der Waals surface area contributed by atoms with Crippen LogP contribution in [0, 0.1) is 5.92 Å². The Bertz CT molecular complexity index is 802. The molecular weight excluding hydrogens is 410 g/mol. The molecule has 0 bridgehead atoms. The summed E-state index contributed by atoms with van der Waals surface area (Å²) in [7, 11) is 0. The van der Waals surface area contributed by atoms with E-state index in [2.05, 4.69) is 0 Å². The quantitative estimate of drug-likeness (QED) is 0.685. The monoisotopic (exact) mass is 445 g/mol. The van der Waals surface area contributed by atoms with Crippen molar-refractivity contribution in [3.63, 3.8) is 0 Å². The van der Waals surface area contributed by atoms with Crippen molar-refractivity contribution < 1.29 is 28.8 Å². The summed E-state index contributed by atoms with van der Waals surface area (Å²) in [5, 5.41) is 9.46. The number of benzene rings is 1. The number of hydrogen-bond acceptors (Lipinski definition) is 6. The normalized spacial score (nSPS) is 25.5. The maximum Gasteiger partial charge on any atom is 0.288 e. The second-order valence-electron chi connectivity index (χ2n) is 8.70. The number of likely N-dealkylation sites (tertiary alicyclic amines) is 1. The van der Waals surface area contributed by atoms with E-state index < -0.39 is 6.29 Å². The van der Waals surface area contributed by atoms with E-state index in [1.807, 2.05) is 36.1 Å². The molecule has 1 saturated heterocycles. The SMILES string of the molecule is CCO[C@@H]1OC(C(=O)N2CCCCCCC2)=C[C@H](c2ccc3c(c2)OCO3)[C@@H]1CCCO. The molecule has 0 unspecified atom stereocenters. The van der Waals surface area contributed by atoms with E-state index in [0.29, 0.717) is 24.5 Å². The van der Waals surface area contributed by atoms with Crippen LogP contribution >= 0.6 is 0 Å². The molecule has 0 radical (unpaired) electrons. The van der Waals surface area contributed by atoms with Gasteiger partial charge in [-0.2, -0.15) is 0 Å². The van der Waals surface area contributed by atoms with Gasteiger partial charge in [-0.3, -0.25) is 4.79 Å². The summed E-state index contributed by atoms with van der Waals surface area (Å²) in [6.07, 6.45) is 8.40. The minimum absolute atomic E-state index is 0.0219. The van der Waals surface area contributed by atoms with Crippen LogP contribution in [0.25, 0.3) is 0 Å². The molecule has 0 spiro atoms. The summed E-state index contributed by atoms with van der Waals surface area (Å²) in [4.78, 5) is 15.4. The van der Waals surface area contributed by atoms with Gasteiger partial charge in [0.1, 0.15) is 0 Å². The number of nitrogens with zero attached hydrogens (tertiary/aromatic N) is 1. The van der Waals surface area contributed by atoms with E-state index in [9.17, 15) is 9.90 Å². The molecule has 3 aliphatic heterocycles. The van der Waals surface area contributed by atoms with Crippen LogP contribution in [0.4, 0.5) is 0 Å². The van der Waals surface area contributed by atoms with Crippen molar-refractivity contribution in [3.8, 4) is 11.5 Å². The third kappa shape index (κ3) is 5.21. The molecule has 7 nitrogen and oxygen atoms in total. The highest BCUT2D eigenvalue weighted by Gasteiger charge is 2.39. The third-order valence-corrected chi connectivity index (χ3v) is 6.55. The zero-order valence-corrected chi connectivity index (χ0v) is 19.0. The first-order chi connectivity index (χ1) is 15.7. The molecule has 176 valence electrons. The average molecular weight is 446 g/mol. The molecule has 3 aliphatic rings. The average Bonchev–Trinajstić information content (AvgIpc) is 3.25. The van der Waals surface area contributed by atoms with Gasteiger partial charge in [-0.05, 0) is 56.4 Å². The molecule has 1 aromatic carbocycles. The molecule has 32 heavy (non-hydrogen) atoms. The van der Waals surface area contributed by atoms with Gasteiger partial charge in [0.25, 0.3) is 5.91 Å². The number of ether oxygens (including phenoxy) is 4. The molecular formula is C25H35NO6. The Balaban J connectivity index is 1.65. The van der Waals surface area contributed by atoms with E-state index in [4.69, 9.17) is 18.9 Å². The molecule has 1 amide bonds. The second kappa shape index (κ2) is 11.1. The van der Waals surface area contributed by atoms with Gasteiger partial charge in [0.15, 0.2) is 17.3 Å². The van der Waals surface area contributed by atoms with Crippen LogP contribution < -0.4 is 9.47 Å². The van der Waals surface area contributed by atoms with Gasteiger partial charge in [0.2, 0.25) is 13.1 Å². The molecule has 3 atom stereocenters. The topological polar surface area (TPSA) is 77.5 Å². The number of carbonyl (C=O) groups is 1. The lowest BCUT2D eigenvalue weighted by Gasteiger charge is -2.38. The third-order valence-electron chi connectivity index (χ3n) is 6.55. The largest absolute Gasteiger partial charge is 0.459 e. The first-order valence-electron chi connectivity index (χ1n) is 12.0. The van der Waals surface area contributed by atoms with Gasteiger partial charge in [-0.25, -0.2) is 0 Å². The Labute approximate surface area is 190 Å². The summed E-state index contributed by atoms with van der Waals surface area (Å²) >= 11 is 0. The highest BCUT2D eigenvalue weighted by molar-refractivity contribution is 5.91. The predicted molar refractivity (Wildman–Crippen MR) is 119 cm³/mol. The molecule has 1 aromatic rings. The number of hydrogen-bond donors (Lipinski definition) is 1. The summed E-state index contributed by atoms with van der Waals surface area (Å²) < 4.78 is 23.2. The van der Waals surface area contributed by atoms with E-state index in [-0.39, 0.29) is 31.1 Å². The van der Waals surface area contributed by atoms with Crippen LogP contribution in [0.5, 0.6) is 11.5 Å². The van der Waals surface area contributed by atoms with Gasteiger partial charge in [0.05, 0.1) is 0 Å². The molecule has 7 heteroatoms. The summed E-state index contributed by atoms with van der Waals surface area (Å²) in [6, 6.07) is 5.93. The van der Waals surface area contributed by atoms with E-state index in [1.54, 1.807) is 0 Å². The van der Waals surface area contributed by atoms with Crippen molar-refractivity contribution in [1.29, 1.82) is 0 Å². The number of carbonyl (C=O) groups excluding carboxylic acids is 1. The Morgan fingerprint density at radius 2 is 1.88 bits per heavy atom. The summed E-state index contributed by atoms with van der Waals surface area (Å²) in [5.41, 5.74) is 1.03. The second-order valence-corrected chi connectivity index (χ2v) is 8.70.